The highest BCUT2D eigenvalue weighted by atomic mass is 16.5. The molecule has 0 aliphatic carbocycles. The van der Waals surface area contributed by atoms with Gasteiger partial charge in [-0.05, 0) is 25.5 Å². The minimum atomic E-state index is -0.432. The number of benzene rings is 1. The van der Waals surface area contributed by atoms with Gasteiger partial charge in [0.05, 0.1) is 12.3 Å². The number of aromatic nitrogens is 3. The third-order valence-electron chi connectivity index (χ3n) is 3.26. The van der Waals surface area contributed by atoms with E-state index in [1.807, 2.05) is 37.3 Å². The Kier molecular flexibility index (Phi) is 3.39. The lowest BCUT2D eigenvalue weighted by atomic mass is 10.1. The Morgan fingerprint density at radius 1 is 1.29 bits per heavy atom. The first-order valence-electron chi connectivity index (χ1n) is 6.78. The highest BCUT2D eigenvalue weighted by molar-refractivity contribution is 5.88. The van der Waals surface area contributed by atoms with Crippen molar-refractivity contribution in [1.29, 1.82) is 0 Å². The van der Waals surface area contributed by atoms with Crippen molar-refractivity contribution >= 4 is 11.6 Å². The Bertz CT molecular complexity index is 808. The average Bonchev–Trinajstić information content (AvgIpc) is 2.92. The van der Waals surface area contributed by atoms with Crippen LogP contribution in [0.5, 0.6) is 0 Å². The maximum Gasteiger partial charge on any atom is 0.358 e. The molecule has 0 atom stereocenters. The van der Waals surface area contributed by atoms with Crippen LogP contribution in [0.1, 0.15) is 23.0 Å². The van der Waals surface area contributed by atoms with E-state index in [9.17, 15) is 4.79 Å². The molecular weight excluding hydrogens is 266 g/mol. The number of esters is 1. The van der Waals surface area contributed by atoms with Crippen molar-refractivity contribution in [2.24, 2.45) is 0 Å². The molecule has 3 aromatic rings. The molecule has 0 bridgehead atoms. The number of aryl methyl sites for hydroxylation is 1. The van der Waals surface area contributed by atoms with E-state index in [0.717, 1.165) is 16.8 Å². The number of ether oxygens (including phenoxy) is 1. The van der Waals surface area contributed by atoms with Gasteiger partial charge in [0.1, 0.15) is 0 Å². The summed E-state index contributed by atoms with van der Waals surface area (Å²) in [5.41, 5.74) is 3.99. The number of carbonyl (C=O) groups excluding carboxylic acids is 1. The van der Waals surface area contributed by atoms with Crippen LogP contribution in [0.2, 0.25) is 0 Å². The monoisotopic (exact) mass is 281 g/mol. The normalized spacial score (nSPS) is 10.8. The van der Waals surface area contributed by atoms with Gasteiger partial charge < -0.3 is 4.74 Å². The van der Waals surface area contributed by atoms with Crippen molar-refractivity contribution < 1.29 is 9.53 Å². The molecule has 5 heteroatoms. The number of hydrogen-bond acceptors (Lipinski definition) is 4. The molecule has 1 aromatic carbocycles. The number of carbonyl (C=O) groups is 1. The molecule has 0 spiro atoms. The maximum atomic E-state index is 11.8. The van der Waals surface area contributed by atoms with Gasteiger partial charge in [-0.15, -0.1) is 0 Å². The highest BCUT2D eigenvalue weighted by Gasteiger charge is 2.15. The van der Waals surface area contributed by atoms with Gasteiger partial charge in [-0.2, -0.15) is 5.10 Å². The summed E-state index contributed by atoms with van der Waals surface area (Å²) in [4.78, 5) is 16.1. The molecule has 0 fully saturated rings. The Balaban J connectivity index is 2.17. The Morgan fingerprint density at radius 3 is 2.86 bits per heavy atom. The first-order valence-corrected chi connectivity index (χ1v) is 6.78. The van der Waals surface area contributed by atoms with E-state index in [1.54, 1.807) is 23.7 Å². The third kappa shape index (κ3) is 2.38. The zero-order chi connectivity index (χ0) is 14.8. The van der Waals surface area contributed by atoms with Crippen molar-refractivity contribution in [3.8, 4) is 11.3 Å². The summed E-state index contributed by atoms with van der Waals surface area (Å²) in [6.45, 7) is 4.13. The zero-order valence-corrected chi connectivity index (χ0v) is 11.9. The molecule has 0 saturated carbocycles. The van der Waals surface area contributed by atoms with Gasteiger partial charge in [0.15, 0.2) is 11.3 Å². The first kappa shape index (κ1) is 13.3. The fourth-order valence-electron chi connectivity index (χ4n) is 2.26. The third-order valence-corrected chi connectivity index (χ3v) is 3.26. The number of fused-ring (bicyclic) bond motifs is 1. The molecular formula is C16H15N3O2. The van der Waals surface area contributed by atoms with Crippen molar-refractivity contribution in [2.45, 2.75) is 13.8 Å². The van der Waals surface area contributed by atoms with Gasteiger partial charge in [0.25, 0.3) is 0 Å². The summed E-state index contributed by atoms with van der Waals surface area (Å²) < 4.78 is 6.66. The van der Waals surface area contributed by atoms with Gasteiger partial charge in [-0.1, -0.05) is 24.3 Å². The van der Waals surface area contributed by atoms with Crippen molar-refractivity contribution in [3.05, 3.63) is 53.9 Å². The van der Waals surface area contributed by atoms with Crippen LogP contribution in [0, 0.1) is 6.92 Å². The van der Waals surface area contributed by atoms with E-state index in [0.29, 0.717) is 12.3 Å². The van der Waals surface area contributed by atoms with E-state index in [2.05, 4.69) is 10.1 Å². The fourth-order valence-corrected chi connectivity index (χ4v) is 2.26. The van der Waals surface area contributed by atoms with Gasteiger partial charge in [0.2, 0.25) is 0 Å². The predicted molar refractivity (Wildman–Crippen MR) is 79.1 cm³/mol. The standard InChI is InChI=1S/C16H15N3O2/c1-3-21-16(20)13-10-15-17-9-8-14(19(15)18-13)12-7-5-4-6-11(12)2/h4-10H,3H2,1-2H3. The van der Waals surface area contributed by atoms with Crippen LogP contribution in [-0.2, 0) is 4.74 Å². The van der Waals surface area contributed by atoms with Crippen LogP contribution in [0.15, 0.2) is 42.6 Å². The highest BCUT2D eigenvalue weighted by Crippen LogP contribution is 2.23. The quantitative estimate of drug-likeness (QED) is 0.693. The molecule has 0 N–H and O–H groups in total. The second kappa shape index (κ2) is 5.36. The fraction of sp³-hybridized carbons (Fsp3) is 0.188. The van der Waals surface area contributed by atoms with Crippen LogP contribution in [0.25, 0.3) is 16.9 Å². The largest absolute Gasteiger partial charge is 0.461 e. The van der Waals surface area contributed by atoms with Crippen LogP contribution < -0.4 is 0 Å². The lowest BCUT2D eigenvalue weighted by molar-refractivity contribution is 0.0519. The molecule has 0 aliphatic rings. The van der Waals surface area contributed by atoms with E-state index in [-0.39, 0.29) is 5.69 Å². The molecule has 5 nitrogen and oxygen atoms in total. The minimum Gasteiger partial charge on any atom is -0.461 e. The molecule has 3 rings (SSSR count). The van der Waals surface area contributed by atoms with Crippen LogP contribution in [-0.4, -0.2) is 27.2 Å². The van der Waals surface area contributed by atoms with Crippen molar-refractivity contribution in [3.63, 3.8) is 0 Å². The van der Waals surface area contributed by atoms with Crippen LogP contribution >= 0.6 is 0 Å². The Hall–Kier alpha value is -2.69. The van der Waals surface area contributed by atoms with Crippen LogP contribution in [0.4, 0.5) is 0 Å². The topological polar surface area (TPSA) is 56.5 Å². The van der Waals surface area contributed by atoms with Gasteiger partial charge >= 0.3 is 5.97 Å². The van der Waals surface area contributed by atoms with Crippen molar-refractivity contribution in [1.82, 2.24) is 14.6 Å². The second-order valence-electron chi connectivity index (χ2n) is 4.67. The summed E-state index contributed by atoms with van der Waals surface area (Å²) in [7, 11) is 0. The summed E-state index contributed by atoms with van der Waals surface area (Å²) in [6.07, 6.45) is 1.72. The molecule has 2 heterocycles. The molecule has 0 saturated heterocycles. The summed E-state index contributed by atoms with van der Waals surface area (Å²) in [5, 5.41) is 4.33. The van der Waals surface area contributed by atoms with Gasteiger partial charge in [-0.25, -0.2) is 14.3 Å². The van der Waals surface area contributed by atoms with E-state index in [4.69, 9.17) is 4.74 Å². The van der Waals surface area contributed by atoms with E-state index < -0.39 is 5.97 Å². The molecule has 0 amide bonds. The summed E-state index contributed by atoms with van der Waals surface area (Å²) in [5.74, 6) is -0.432. The lowest BCUT2D eigenvalue weighted by Gasteiger charge is -2.07. The maximum absolute atomic E-state index is 11.8. The SMILES string of the molecule is CCOC(=O)c1cc2nccc(-c3ccccc3C)n2n1. The smallest absolute Gasteiger partial charge is 0.358 e. The summed E-state index contributed by atoms with van der Waals surface area (Å²) in [6, 6.07) is 11.6. The first-order chi connectivity index (χ1) is 10.2. The van der Waals surface area contributed by atoms with Gasteiger partial charge in [-0.3, -0.25) is 0 Å². The molecule has 0 unspecified atom stereocenters. The average molecular weight is 281 g/mol. The molecule has 2 aromatic heterocycles. The van der Waals surface area contributed by atoms with E-state index in [1.165, 1.54) is 0 Å². The minimum absolute atomic E-state index is 0.269. The number of nitrogens with zero attached hydrogens (tertiary/aromatic N) is 3. The molecule has 0 radical (unpaired) electrons. The van der Waals surface area contributed by atoms with E-state index >= 15 is 0 Å². The Morgan fingerprint density at radius 2 is 2.10 bits per heavy atom. The molecule has 0 aliphatic heterocycles. The predicted octanol–water partition coefficient (Wildman–Crippen LogP) is 2.88. The lowest BCUT2D eigenvalue weighted by Crippen LogP contribution is -2.06. The van der Waals surface area contributed by atoms with Crippen LogP contribution in [0.3, 0.4) is 0 Å². The zero-order valence-electron chi connectivity index (χ0n) is 11.9. The Labute approximate surface area is 122 Å². The summed E-state index contributed by atoms with van der Waals surface area (Å²) >= 11 is 0. The van der Waals surface area contributed by atoms with Crippen molar-refractivity contribution in [2.75, 3.05) is 6.61 Å². The molecule has 106 valence electrons. The second-order valence-corrected chi connectivity index (χ2v) is 4.67. The molecule has 21 heavy (non-hydrogen) atoms. The van der Waals surface area contributed by atoms with Gasteiger partial charge in [0, 0.05) is 17.8 Å². The number of rotatable bonds is 3. The number of hydrogen-bond donors (Lipinski definition) is 0.